The van der Waals surface area contributed by atoms with Crippen LogP contribution in [0.1, 0.15) is 0 Å². The van der Waals surface area contributed by atoms with Gasteiger partial charge in [-0.1, -0.05) is 12.2 Å². The Morgan fingerprint density at radius 2 is 2.44 bits per heavy atom. The maximum absolute atomic E-state index is 5.46. The molecule has 0 saturated heterocycles. The first-order valence-corrected chi connectivity index (χ1v) is 3.68. The summed E-state index contributed by atoms with van der Waals surface area (Å²) in [7, 11) is 0. The van der Waals surface area contributed by atoms with Crippen LogP contribution in [0, 0.1) is 4.64 Å². The first-order valence-electron chi connectivity index (χ1n) is 2.10. The van der Waals surface area contributed by atoms with Crippen LogP contribution in [0.5, 0.6) is 0 Å². The van der Waals surface area contributed by atoms with E-state index in [0.717, 1.165) is 4.47 Å². The maximum Gasteiger partial charge on any atom is 0.201 e. The first-order chi connectivity index (χ1) is 4.20. The van der Waals surface area contributed by atoms with Crippen LogP contribution in [-0.4, -0.2) is 9.97 Å². The van der Waals surface area contributed by atoms with Gasteiger partial charge in [-0.3, -0.25) is 0 Å². The van der Waals surface area contributed by atoms with Crippen molar-refractivity contribution in [3.8, 4) is 0 Å². The third kappa shape index (κ3) is 1.74. The summed E-state index contributed by atoms with van der Waals surface area (Å²) in [4.78, 5) is 6.40. The van der Waals surface area contributed by atoms with Gasteiger partial charge in [-0.2, -0.15) is 0 Å². The van der Waals surface area contributed by atoms with Crippen LogP contribution in [0.25, 0.3) is 0 Å². The summed E-state index contributed by atoms with van der Waals surface area (Å²) in [5.74, 6) is 0. The smallest absolute Gasteiger partial charge is 0.201 e. The highest BCUT2D eigenvalue weighted by molar-refractivity contribution is 9.10. The third-order valence-corrected chi connectivity index (χ3v) is 2.10. The number of H-pyrrole nitrogens is 1. The zero-order valence-corrected chi connectivity index (χ0v) is 7.35. The summed E-state index contributed by atoms with van der Waals surface area (Å²) in [5, 5.41) is 0.309. The van der Waals surface area contributed by atoms with Crippen LogP contribution in [0.2, 0.25) is 5.28 Å². The molecule has 2 nitrogen and oxygen atoms in total. The molecule has 9 heavy (non-hydrogen) atoms. The Balaban J connectivity index is 3.34. The van der Waals surface area contributed by atoms with Crippen molar-refractivity contribution in [2.24, 2.45) is 0 Å². The molecule has 0 amide bonds. The van der Waals surface area contributed by atoms with E-state index in [1.807, 2.05) is 0 Å². The molecular weight excluding hydrogens is 223 g/mol. The molecule has 0 aliphatic heterocycles. The van der Waals surface area contributed by atoms with E-state index < -0.39 is 0 Å². The minimum Gasteiger partial charge on any atom is -0.320 e. The van der Waals surface area contributed by atoms with Crippen LogP contribution in [0.15, 0.2) is 10.7 Å². The van der Waals surface area contributed by atoms with Gasteiger partial charge in [-0.15, -0.1) is 0 Å². The lowest BCUT2D eigenvalue weighted by Gasteiger charge is -1.89. The predicted octanol–water partition coefficient (Wildman–Crippen LogP) is 2.56. The predicted molar refractivity (Wildman–Crippen MR) is 42.1 cm³/mol. The summed E-state index contributed by atoms with van der Waals surface area (Å²) in [5.41, 5.74) is 0. The number of halogens is 2. The van der Waals surface area contributed by atoms with Gasteiger partial charge in [0, 0.05) is 6.20 Å². The fourth-order valence-electron chi connectivity index (χ4n) is 0.358. The molecule has 1 aromatic rings. The Bertz CT molecular complexity index is 272. The summed E-state index contributed by atoms with van der Waals surface area (Å²) in [6, 6.07) is 0. The monoisotopic (exact) mass is 224 g/mol. The summed E-state index contributed by atoms with van der Waals surface area (Å²) in [6.07, 6.45) is 1.56. The Morgan fingerprint density at radius 3 is 2.89 bits per heavy atom. The molecule has 1 heterocycles. The van der Waals surface area contributed by atoms with E-state index in [-0.39, 0.29) is 0 Å². The quantitative estimate of drug-likeness (QED) is 0.543. The van der Waals surface area contributed by atoms with Crippen molar-refractivity contribution in [3.05, 3.63) is 20.6 Å². The molecule has 0 saturated carbocycles. The Morgan fingerprint density at radius 1 is 1.78 bits per heavy atom. The highest BCUT2D eigenvalue weighted by Gasteiger charge is 1.90. The van der Waals surface area contributed by atoms with Crippen molar-refractivity contribution >= 4 is 39.7 Å². The average Bonchev–Trinajstić information content (AvgIpc) is 1.80. The summed E-state index contributed by atoms with van der Waals surface area (Å²) >= 11 is 13.4. The summed E-state index contributed by atoms with van der Waals surface area (Å²) in [6.45, 7) is 0. The molecular formula is C4H2BrClN2S. The van der Waals surface area contributed by atoms with Gasteiger partial charge in [-0.05, 0) is 27.5 Å². The van der Waals surface area contributed by atoms with Crippen molar-refractivity contribution in [1.29, 1.82) is 0 Å². The SMILES string of the molecule is S=c1[nH]c(Cl)ncc1Br. The second kappa shape index (κ2) is 2.77. The number of aromatic amines is 1. The van der Waals surface area contributed by atoms with Crippen LogP contribution in [0.3, 0.4) is 0 Å². The standard InChI is InChI=1S/C4H2BrClN2S/c5-2-1-7-4(6)8-3(2)9/h1H,(H,7,8,9). The fraction of sp³-hybridized carbons (Fsp3) is 0. The molecule has 0 aliphatic rings. The van der Waals surface area contributed by atoms with Crippen LogP contribution in [0.4, 0.5) is 0 Å². The van der Waals surface area contributed by atoms with E-state index in [1.165, 1.54) is 0 Å². The minimum atomic E-state index is 0.309. The molecule has 0 fully saturated rings. The molecule has 0 radical (unpaired) electrons. The van der Waals surface area contributed by atoms with Gasteiger partial charge in [-0.25, -0.2) is 4.98 Å². The number of hydrogen-bond donors (Lipinski definition) is 1. The number of nitrogens with zero attached hydrogens (tertiary/aromatic N) is 1. The fourth-order valence-corrected chi connectivity index (χ4v) is 0.908. The molecule has 48 valence electrons. The molecule has 0 bridgehead atoms. The van der Waals surface area contributed by atoms with Gasteiger partial charge in [0.15, 0.2) is 0 Å². The van der Waals surface area contributed by atoms with Crippen LogP contribution >= 0.6 is 39.7 Å². The number of rotatable bonds is 0. The molecule has 0 unspecified atom stereocenters. The number of hydrogen-bond acceptors (Lipinski definition) is 2. The van der Waals surface area contributed by atoms with Crippen molar-refractivity contribution in [2.75, 3.05) is 0 Å². The third-order valence-electron chi connectivity index (χ3n) is 0.725. The van der Waals surface area contributed by atoms with E-state index >= 15 is 0 Å². The molecule has 1 N–H and O–H groups in total. The van der Waals surface area contributed by atoms with Crippen molar-refractivity contribution in [3.63, 3.8) is 0 Å². The lowest BCUT2D eigenvalue weighted by atomic mass is 10.7. The van der Waals surface area contributed by atoms with Gasteiger partial charge >= 0.3 is 0 Å². The minimum absolute atomic E-state index is 0.309. The highest BCUT2D eigenvalue weighted by atomic mass is 79.9. The van der Waals surface area contributed by atoms with Gasteiger partial charge < -0.3 is 4.98 Å². The van der Waals surface area contributed by atoms with E-state index in [0.29, 0.717) is 9.92 Å². The Hall–Kier alpha value is 0.0700. The average molecular weight is 225 g/mol. The lowest BCUT2D eigenvalue weighted by Crippen LogP contribution is -1.80. The van der Waals surface area contributed by atoms with E-state index in [1.54, 1.807) is 6.20 Å². The Labute approximate surface area is 70.4 Å². The van der Waals surface area contributed by atoms with Crippen molar-refractivity contribution < 1.29 is 0 Å². The molecule has 5 heteroatoms. The topological polar surface area (TPSA) is 28.7 Å². The summed E-state index contributed by atoms with van der Waals surface area (Å²) < 4.78 is 1.32. The van der Waals surface area contributed by atoms with Gasteiger partial charge in [0.2, 0.25) is 5.28 Å². The maximum atomic E-state index is 5.46. The molecule has 0 atom stereocenters. The normalized spacial score (nSPS) is 9.56. The molecule has 0 aliphatic carbocycles. The van der Waals surface area contributed by atoms with Crippen LogP contribution < -0.4 is 0 Å². The van der Waals surface area contributed by atoms with E-state index in [2.05, 4.69) is 25.9 Å². The van der Waals surface area contributed by atoms with E-state index in [4.69, 9.17) is 23.8 Å². The van der Waals surface area contributed by atoms with Gasteiger partial charge in [0.05, 0.1) is 4.47 Å². The van der Waals surface area contributed by atoms with Crippen LogP contribution in [-0.2, 0) is 0 Å². The van der Waals surface area contributed by atoms with Crippen molar-refractivity contribution in [2.45, 2.75) is 0 Å². The second-order valence-corrected chi connectivity index (χ2v) is 2.97. The second-order valence-electron chi connectivity index (χ2n) is 1.35. The molecule has 1 aromatic heterocycles. The first kappa shape index (κ1) is 7.18. The van der Waals surface area contributed by atoms with Gasteiger partial charge in [0.1, 0.15) is 4.64 Å². The molecule has 0 spiro atoms. The largest absolute Gasteiger partial charge is 0.320 e. The van der Waals surface area contributed by atoms with Gasteiger partial charge in [0.25, 0.3) is 0 Å². The zero-order chi connectivity index (χ0) is 6.85. The lowest BCUT2D eigenvalue weighted by molar-refractivity contribution is 1.13. The number of nitrogens with one attached hydrogen (secondary N) is 1. The van der Waals surface area contributed by atoms with E-state index in [9.17, 15) is 0 Å². The highest BCUT2D eigenvalue weighted by Crippen LogP contribution is 2.09. The molecule has 0 aromatic carbocycles. The van der Waals surface area contributed by atoms with Crippen molar-refractivity contribution in [1.82, 2.24) is 9.97 Å². The Kier molecular flexibility index (Phi) is 2.21. The number of aromatic nitrogens is 2. The molecule has 1 rings (SSSR count). The zero-order valence-electron chi connectivity index (χ0n) is 4.19.